The Morgan fingerprint density at radius 1 is 0.857 bits per heavy atom. The maximum absolute atomic E-state index is 10.0. The van der Waals surface area contributed by atoms with Crippen LogP contribution >= 0.6 is 0 Å². The number of rotatable bonds is 9. The third kappa shape index (κ3) is 14.1. The summed E-state index contributed by atoms with van der Waals surface area (Å²) in [6.07, 6.45) is 4.27. The molecule has 0 aliphatic heterocycles. The summed E-state index contributed by atoms with van der Waals surface area (Å²) in [7, 11) is 0. The lowest BCUT2D eigenvalue weighted by atomic mass is 9.89. The van der Waals surface area contributed by atoms with E-state index in [2.05, 4.69) is 48.5 Å². The van der Waals surface area contributed by atoms with Crippen molar-refractivity contribution in [2.24, 2.45) is 5.41 Å². The SMILES string of the molecule is CC(C)(C)CCCCCC(=O)[O-].CC[N+](CC)(CC)CC. The van der Waals surface area contributed by atoms with Crippen LogP contribution < -0.4 is 5.11 Å². The molecular weight excluding hydrogens is 262 g/mol. The quantitative estimate of drug-likeness (QED) is 0.482. The molecule has 0 saturated carbocycles. The first-order valence-corrected chi connectivity index (χ1v) is 8.71. The summed E-state index contributed by atoms with van der Waals surface area (Å²) in [5.74, 6) is -0.925. The van der Waals surface area contributed by atoms with E-state index >= 15 is 0 Å². The van der Waals surface area contributed by atoms with E-state index in [0.29, 0.717) is 5.41 Å². The molecule has 0 heterocycles. The number of unbranched alkanes of at least 4 members (excludes halogenated alkanes) is 2. The predicted molar refractivity (Wildman–Crippen MR) is 90.0 cm³/mol. The zero-order valence-corrected chi connectivity index (χ0v) is 15.6. The molecule has 3 heteroatoms. The Morgan fingerprint density at radius 2 is 1.29 bits per heavy atom. The second-order valence-corrected chi connectivity index (χ2v) is 7.10. The van der Waals surface area contributed by atoms with Crippen LogP contribution in [0.5, 0.6) is 0 Å². The number of carbonyl (C=O) groups excluding carboxylic acids is 1. The van der Waals surface area contributed by atoms with Gasteiger partial charge in [-0.15, -0.1) is 0 Å². The van der Waals surface area contributed by atoms with E-state index in [9.17, 15) is 9.90 Å². The number of hydrogen-bond donors (Lipinski definition) is 0. The minimum atomic E-state index is -0.925. The van der Waals surface area contributed by atoms with Crippen LogP contribution in [0.15, 0.2) is 0 Å². The molecule has 3 nitrogen and oxygen atoms in total. The van der Waals surface area contributed by atoms with Crippen molar-refractivity contribution in [1.82, 2.24) is 0 Å². The van der Waals surface area contributed by atoms with E-state index in [1.165, 1.54) is 37.1 Å². The Bertz CT molecular complexity index is 235. The number of hydrogen-bond acceptors (Lipinski definition) is 2. The van der Waals surface area contributed by atoms with Crippen molar-refractivity contribution in [1.29, 1.82) is 0 Å². The van der Waals surface area contributed by atoms with E-state index in [4.69, 9.17) is 0 Å². The van der Waals surface area contributed by atoms with E-state index in [0.717, 1.165) is 19.3 Å². The van der Waals surface area contributed by atoms with Gasteiger partial charge in [-0.25, -0.2) is 0 Å². The molecule has 0 radical (unpaired) electrons. The Hall–Kier alpha value is -0.570. The first-order valence-electron chi connectivity index (χ1n) is 8.71. The molecule has 0 aromatic carbocycles. The van der Waals surface area contributed by atoms with Crippen LogP contribution in [0.1, 0.15) is 80.6 Å². The zero-order valence-electron chi connectivity index (χ0n) is 15.6. The van der Waals surface area contributed by atoms with Crippen LogP contribution in [-0.4, -0.2) is 36.6 Å². The van der Waals surface area contributed by atoms with Gasteiger partial charge in [0.15, 0.2) is 0 Å². The molecular formula is C18H39NO2. The van der Waals surface area contributed by atoms with Gasteiger partial charge in [-0.05, 0) is 52.4 Å². The minimum absolute atomic E-state index is 0.212. The molecule has 0 aliphatic carbocycles. The molecule has 0 unspecified atom stereocenters. The van der Waals surface area contributed by atoms with Crippen molar-refractivity contribution in [3.63, 3.8) is 0 Å². The van der Waals surface area contributed by atoms with Gasteiger partial charge in [0.25, 0.3) is 0 Å². The van der Waals surface area contributed by atoms with Crippen molar-refractivity contribution >= 4 is 5.97 Å². The first kappa shape index (κ1) is 22.7. The average molecular weight is 302 g/mol. The molecule has 0 aromatic rings. The molecule has 0 rings (SSSR count). The van der Waals surface area contributed by atoms with Crippen molar-refractivity contribution in [2.75, 3.05) is 26.2 Å². The zero-order chi connectivity index (χ0) is 16.9. The third-order valence-electron chi connectivity index (χ3n) is 4.49. The van der Waals surface area contributed by atoms with E-state index < -0.39 is 5.97 Å². The minimum Gasteiger partial charge on any atom is -0.550 e. The van der Waals surface area contributed by atoms with Crippen molar-refractivity contribution in [3.8, 4) is 0 Å². The molecule has 0 fully saturated rings. The van der Waals surface area contributed by atoms with Gasteiger partial charge in [-0.2, -0.15) is 0 Å². The maximum Gasteiger partial charge on any atom is 0.0757 e. The largest absolute Gasteiger partial charge is 0.550 e. The standard InChI is InChI=1S/C10H20O2.C8H20N/c1-10(2,3)8-6-4-5-7-9(11)12;1-5-9(6-2,7-3)8-4/h4-8H2,1-3H3,(H,11,12);5-8H2,1-4H3/q;+1/p-1. The number of nitrogens with zero attached hydrogens (tertiary/aromatic N) is 1. The summed E-state index contributed by atoms with van der Waals surface area (Å²) in [6.45, 7) is 20.8. The molecule has 0 atom stereocenters. The summed E-state index contributed by atoms with van der Waals surface area (Å²) < 4.78 is 1.28. The molecule has 0 bridgehead atoms. The van der Waals surface area contributed by atoms with Gasteiger partial charge >= 0.3 is 0 Å². The van der Waals surface area contributed by atoms with Gasteiger partial charge < -0.3 is 14.4 Å². The molecule has 0 saturated heterocycles. The predicted octanol–water partition coefficient (Wildman–Crippen LogP) is 3.62. The highest BCUT2D eigenvalue weighted by Crippen LogP contribution is 2.22. The second kappa shape index (κ2) is 12.0. The molecule has 0 spiro atoms. The van der Waals surface area contributed by atoms with E-state index in [1.807, 2.05) is 0 Å². The highest BCUT2D eigenvalue weighted by molar-refractivity contribution is 5.63. The highest BCUT2D eigenvalue weighted by atomic mass is 16.4. The Morgan fingerprint density at radius 3 is 1.52 bits per heavy atom. The fraction of sp³-hybridized carbons (Fsp3) is 0.944. The number of carbonyl (C=O) groups is 1. The normalized spacial score (nSPS) is 11.8. The Labute approximate surface area is 133 Å². The lowest BCUT2D eigenvalue weighted by Crippen LogP contribution is -2.47. The number of carboxylic acid groups (broad SMARTS) is 1. The number of aliphatic carboxylic acids is 1. The molecule has 0 amide bonds. The third-order valence-corrected chi connectivity index (χ3v) is 4.49. The lowest BCUT2D eigenvalue weighted by Gasteiger charge is -2.34. The van der Waals surface area contributed by atoms with Crippen molar-refractivity contribution in [2.45, 2.75) is 80.6 Å². The Kier molecular flexibility index (Phi) is 13.0. The number of quaternary nitrogens is 1. The van der Waals surface area contributed by atoms with Crippen LogP contribution in [0.4, 0.5) is 0 Å². The molecule has 128 valence electrons. The monoisotopic (exact) mass is 301 g/mol. The molecule has 0 aliphatic rings. The fourth-order valence-corrected chi connectivity index (χ4v) is 2.44. The number of carboxylic acids is 1. The fourth-order valence-electron chi connectivity index (χ4n) is 2.44. The summed E-state index contributed by atoms with van der Waals surface area (Å²) in [5, 5.41) is 10.0. The van der Waals surface area contributed by atoms with E-state index in [1.54, 1.807) is 0 Å². The van der Waals surface area contributed by atoms with Crippen LogP contribution in [0.25, 0.3) is 0 Å². The maximum atomic E-state index is 10.0. The van der Waals surface area contributed by atoms with Gasteiger partial charge in [0.05, 0.1) is 26.2 Å². The van der Waals surface area contributed by atoms with Gasteiger partial charge in [-0.1, -0.05) is 33.6 Å². The lowest BCUT2D eigenvalue weighted by molar-refractivity contribution is -0.921. The van der Waals surface area contributed by atoms with Crippen LogP contribution in [0.2, 0.25) is 0 Å². The summed E-state index contributed by atoms with van der Waals surface area (Å²) in [5.41, 5.74) is 0.376. The summed E-state index contributed by atoms with van der Waals surface area (Å²) >= 11 is 0. The topological polar surface area (TPSA) is 40.1 Å². The van der Waals surface area contributed by atoms with Crippen LogP contribution in [-0.2, 0) is 4.79 Å². The molecule has 0 aromatic heterocycles. The van der Waals surface area contributed by atoms with Crippen molar-refractivity contribution < 1.29 is 14.4 Å². The smallest absolute Gasteiger partial charge is 0.0757 e. The van der Waals surface area contributed by atoms with Gasteiger partial charge in [0.1, 0.15) is 0 Å². The molecule has 0 N–H and O–H groups in total. The van der Waals surface area contributed by atoms with Crippen molar-refractivity contribution in [3.05, 3.63) is 0 Å². The average Bonchev–Trinajstić information content (AvgIpc) is 2.41. The van der Waals surface area contributed by atoms with Gasteiger partial charge in [0.2, 0.25) is 0 Å². The molecule has 21 heavy (non-hydrogen) atoms. The van der Waals surface area contributed by atoms with Crippen LogP contribution in [0, 0.1) is 5.41 Å². The van der Waals surface area contributed by atoms with E-state index in [-0.39, 0.29) is 6.42 Å². The highest BCUT2D eigenvalue weighted by Gasteiger charge is 2.16. The second-order valence-electron chi connectivity index (χ2n) is 7.10. The van der Waals surface area contributed by atoms with Gasteiger partial charge in [0, 0.05) is 5.97 Å². The first-order chi connectivity index (χ1) is 9.66. The Balaban J connectivity index is 0. The van der Waals surface area contributed by atoms with Gasteiger partial charge in [-0.3, -0.25) is 0 Å². The summed E-state index contributed by atoms with van der Waals surface area (Å²) in [6, 6.07) is 0. The summed E-state index contributed by atoms with van der Waals surface area (Å²) in [4.78, 5) is 10.0. The van der Waals surface area contributed by atoms with Crippen LogP contribution in [0.3, 0.4) is 0 Å².